The molecule has 1 fully saturated rings. The highest BCUT2D eigenvalue weighted by Crippen LogP contribution is 2.25. The number of nitrogens with one attached hydrogen (secondary N) is 1. The van der Waals surface area contributed by atoms with E-state index in [1.54, 1.807) is 0 Å². The third-order valence-electron chi connectivity index (χ3n) is 3.71. The second-order valence-corrected chi connectivity index (χ2v) is 8.54. The van der Waals surface area contributed by atoms with Gasteiger partial charge in [0.2, 0.25) is 10.0 Å². The maximum Gasteiger partial charge on any atom is 0.261 e. The Morgan fingerprint density at radius 1 is 1.43 bits per heavy atom. The van der Waals surface area contributed by atoms with Gasteiger partial charge in [0.15, 0.2) is 0 Å². The van der Waals surface area contributed by atoms with E-state index in [4.69, 9.17) is 4.74 Å². The van der Waals surface area contributed by atoms with Gasteiger partial charge in [-0.15, -0.1) is 11.3 Å². The average molecular weight is 354 g/mol. The molecule has 2 heterocycles. The lowest BCUT2D eigenvalue weighted by Gasteiger charge is -2.31. The van der Waals surface area contributed by atoms with Crippen LogP contribution in [0.15, 0.2) is 30.3 Å². The van der Waals surface area contributed by atoms with Crippen LogP contribution in [0.4, 0.5) is 0 Å². The molecular formula is C15H18N2O4S2. The topological polar surface area (TPSA) is 75.7 Å². The standard InChI is InChI=1S/C15H18N2O4S2/c1-23(19,20)17-6-7-21-12(10-17)9-16-15(18)14-8-11-4-2-3-5-13(11)22-14/h2-5,8,12H,6-7,9-10H2,1H3,(H,16,18)/t12-/m0/s1. The quantitative estimate of drug-likeness (QED) is 0.898. The summed E-state index contributed by atoms with van der Waals surface area (Å²) in [5.41, 5.74) is 0. The molecule has 1 aliphatic rings. The van der Waals surface area contributed by atoms with Crippen molar-refractivity contribution in [1.82, 2.24) is 9.62 Å². The zero-order chi connectivity index (χ0) is 16.4. The average Bonchev–Trinajstić information content (AvgIpc) is 2.96. The number of sulfonamides is 1. The number of hydrogen-bond acceptors (Lipinski definition) is 5. The summed E-state index contributed by atoms with van der Waals surface area (Å²) in [6, 6.07) is 9.68. The lowest BCUT2D eigenvalue weighted by molar-refractivity contribution is 0.000461. The van der Waals surface area contributed by atoms with Crippen LogP contribution in [0.2, 0.25) is 0 Å². The Morgan fingerprint density at radius 3 is 2.96 bits per heavy atom. The Balaban J connectivity index is 1.60. The van der Waals surface area contributed by atoms with E-state index in [-0.39, 0.29) is 18.6 Å². The second-order valence-electron chi connectivity index (χ2n) is 5.47. The van der Waals surface area contributed by atoms with Crippen LogP contribution in [0.1, 0.15) is 9.67 Å². The van der Waals surface area contributed by atoms with E-state index in [0.29, 0.717) is 24.6 Å². The van der Waals surface area contributed by atoms with Gasteiger partial charge < -0.3 is 10.1 Å². The number of fused-ring (bicyclic) bond motifs is 1. The van der Waals surface area contributed by atoms with E-state index in [0.717, 1.165) is 10.1 Å². The van der Waals surface area contributed by atoms with E-state index in [9.17, 15) is 13.2 Å². The summed E-state index contributed by atoms with van der Waals surface area (Å²) in [6.45, 7) is 1.26. The molecular weight excluding hydrogens is 336 g/mol. The van der Waals surface area contributed by atoms with Crippen LogP contribution in [-0.4, -0.2) is 57.2 Å². The Hall–Kier alpha value is -1.48. The van der Waals surface area contributed by atoms with Crippen molar-refractivity contribution in [3.8, 4) is 0 Å². The molecule has 124 valence electrons. The molecule has 1 saturated heterocycles. The van der Waals surface area contributed by atoms with E-state index in [2.05, 4.69) is 5.32 Å². The van der Waals surface area contributed by atoms with Crippen LogP contribution in [-0.2, 0) is 14.8 Å². The Bertz CT molecular complexity index is 783. The third-order valence-corrected chi connectivity index (χ3v) is 6.09. The summed E-state index contributed by atoms with van der Waals surface area (Å²) in [6.07, 6.45) is 0.863. The predicted octanol–water partition coefficient (Wildman–Crippen LogP) is 1.29. The number of benzene rings is 1. The van der Waals surface area contributed by atoms with Crippen molar-refractivity contribution in [2.45, 2.75) is 6.10 Å². The van der Waals surface area contributed by atoms with Crippen LogP contribution >= 0.6 is 11.3 Å². The summed E-state index contributed by atoms with van der Waals surface area (Å²) in [4.78, 5) is 12.9. The van der Waals surface area contributed by atoms with Crippen LogP contribution in [0.3, 0.4) is 0 Å². The molecule has 0 radical (unpaired) electrons. The van der Waals surface area contributed by atoms with Crippen molar-refractivity contribution >= 4 is 37.4 Å². The normalized spacial score (nSPS) is 19.8. The number of amides is 1. The summed E-state index contributed by atoms with van der Waals surface area (Å²) in [5.74, 6) is -0.161. The summed E-state index contributed by atoms with van der Waals surface area (Å²) in [7, 11) is -3.22. The molecule has 0 unspecified atom stereocenters. The highest BCUT2D eigenvalue weighted by Gasteiger charge is 2.26. The molecule has 0 aliphatic carbocycles. The first kappa shape index (κ1) is 16.4. The minimum atomic E-state index is -3.22. The molecule has 1 aliphatic heterocycles. The third kappa shape index (κ3) is 3.89. The number of ether oxygens (including phenoxy) is 1. The predicted molar refractivity (Wildman–Crippen MR) is 90.3 cm³/mol. The highest BCUT2D eigenvalue weighted by molar-refractivity contribution is 7.88. The zero-order valence-electron chi connectivity index (χ0n) is 12.7. The van der Waals surface area contributed by atoms with E-state index < -0.39 is 10.0 Å². The summed E-state index contributed by atoms with van der Waals surface area (Å²) >= 11 is 1.44. The lowest BCUT2D eigenvalue weighted by Crippen LogP contribution is -2.49. The number of thiophene rings is 1. The van der Waals surface area contributed by atoms with Crippen molar-refractivity contribution in [2.75, 3.05) is 32.5 Å². The van der Waals surface area contributed by atoms with Gasteiger partial charge in [-0.2, -0.15) is 4.31 Å². The van der Waals surface area contributed by atoms with Crippen LogP contribution in [0, 0.1) is 0 Å². The minimum absolute atomic E-state index is 0.161. The SMILES string of the molecule is CS(=O)(=O)N1CCO[C@@H](CNC(=O)c2cc3ccccc3s2)C1. The number of rotatable bonds is 4. The first-order valence-electron chi connectivity index (χ1n) is 7.27. The molecule has 0 spiro atoms. The van der Waals surface area contributed by atoms with Gasteiger partial charge in [-0.3, -0.25) is 4.79 Å². The van der Waals surface area contributed by atoms with Gasteiger partial charge in [-0.05, 0) is 17.5 Å². The number of nitrogens with zero attached hydrogens (tertiary/aromatic N) is 1. The molecule has 1 aromatic carbocycles. The molecule has 1 amide bonds. The summed E-state index contributed by atoms with van der Waals surface area (Å²) in [5, 5.41) is 3.87. The molecule has 1 aromatic heterocycles. The van der Waals surface area contributed by atoms with Gasteiger partial charge in [-0.1, -0.05) is 18.2 Å². The van der Waals surface area contributed by atoms with Crippen molar-refractivity contribution in [1.29, 1.82) is 0 Å². The number of carbonyl (C=O) groups is 1. The molecule has 0 bridgehead atoms. The van der Waals surface area contributed by atoms with Gasteiger partial charge >= 0.3 is 0 Å². The summed E-state index contributed by atoms with van der Waals surface area (Å²) < 4.78 is 31.1. The van der Waals surface area contributed by atoms with E-state index >= 15 is 0 Å². The van der Waals surface area contributed by atoms with Gasteiger partial charge in [0.05, 0.1) is 23.8 Å². The van der Waals surface area contributed by atoms with E-state index in [1.807, 2.05) is 30.3 Å². The molecule has 1 N–H and O–H groups in total. The first-order chi connectivity index (χ1) is 10.9. The Labute approximate surface area is 139 Å². The monoisotopic (exact) mass is 354 g/mol. The molecule has 23 heavy (non-hydrogen) atoms. The van der Waals surface area contributed by atoms with Gasteiger partial charge in [0.25, 0.3) is 5.91 Å². The fraction of sp³-hybridized carbons (Fsp3) is 0.400. The first-order valence-corrected chi connectivity index (χ1v) is 9.93. The van der Waals surface area contributed by atoms with Crippen molar-refractivity contribution in [3.05, 3.63) is 35.2 Å². The fourth-order valence-corrected chi connectivity index (χ4v) is 4.33. The van der Waals surface area contributed by atoms with E-state index in [1.165, 1.54) is 21.9 Å². The van der Waals surface area contributed by atoms with Crippen molar-refractivity contribution < 1.29 is 17.9 Å². The fourth-order valence-electron chi connectivity index (χ4n) is 2.50. The van der Waals surface area contributed by atoms with Crippen molar-refractivity contribution in [2.24, 2.45) is 0 Å². The molecule has 6 nitrogen and oxygen atoms in total. The van der Waals surface area contributed by atoms with Gasteiger partial charge in [0.1, 0.15) is 0 Å². The van der Waals surface area contributed by atoms with Gasteiger partial charge in [0, 0.05) is 24.3 Å². The van der Waals surface area contributed by atoms with Crippen LogP contribution < -0.4 is 5.32 Å². The minimum Gasteiger partial charge on any atom is -0.374 e. The largest absolute Gasteiger partial charge is 0.374 e. The molecule has 0 saturated carbocycles. The maximum atomic E-state index is 12.2. The Kier molecular flexibility index (Phi) is 4.67. The number of hydrogen-bond donors (Lipinski definition) is 1. The smallest absolute Gasteiger partial charge is 0.261 e. The highest BCUT2D eigenvalue weighted by atomic mass is 32.2. The molecule has 3 rings (SSSR count). The molecule has 1 atom stereocenters. The molecule has 2 aromatic rings. The van der Waals surface area contributed by atoms with Crippen LogP contribution in [0.25, 0.3) is 10.1 Å². The number of carbonyl (C=O) groups excluding carboxylic acids is 1. The number of morpholine rings is 1. The van der Waals surface area contributed by atoms with Gasteiger partial charge in [-0.25, -0.2) is 8.42 Å². The second kappa shape index (κ2) is 6.56. The molecule has 8 heteroatoms. The maximum absolute atomic E-state index is 12.2. The lowest BCUT2D eigenvalue weighted by atomic mass is 10.2. The Morgan fingerprint density at radius 2 is 2.22 bits per heavy atom. The van der Waals surface area contributed by atoms with Crippen LogP contribution in [0.5, 0.6) is 0 Å². The van der Waals surface area contributed by atoms with Crippen molar-refractivity contribution in [3.63, 3.8) is 0 Å². The zero-order valence-corrected chi connectivity index (χ0v) is 14.3.